The molecule has 4 rings (SSSR count). The van der Waals surface area contributed by atoms with Crippen molar-refractivity contribution in [1.29, 1.82) is 0 Å². The van der Waals surface area contributed by atoms with Crippen LogP contribution in [0.25, 0.3) is 11.3 Å². The van der Waals surface area contributed by atoms with Crippen molar-refractivity contribution in [1.82, 2.24) is 15.1 Å². The molecular formula is C26H30ClN3O5. The van der Waals surface area contributed by atoms with E-state index in [0.717, 1.165) is 17.5 Å². The van der Waals surface area contributed by atoms with Crippen LogP contribution in [-0.4, -0.2) is 58.1 Å². The number of phenolic OH excluding ortho intramolecular Hbond substituents is 1. The molecular weight excluding hydrogens is 470 g/mol. The maximum Gasteiger partial charge on any atom is 0.273 e. The SMILES string of the molecule is COc1cc(C2c3c(-c4cc(Cl)c(C)cc4O)n[nH]c3C(=O)N2CCO)ccc1OCCC(C)C. The Bertz CT molecular complexity index is 1240. The normalized spacial score (nSPS) is 15.1. The minimum absolute atomic E-state index is 0.0134. The monoisotopic (exact) mass is 499 g/mol. The first-order valence-corrected chi connectivity index (χ1v) is 11.9. The summed E-state index contributed by atoms with van der Waals surface area (Å²) in [4.78, 5) is 14.8. The number of hydrogen-bond donors (Lipinski definition) is 3. The van der Waals surface area contributed by atoms with Crippen molar-refractivity contribution in [3.63, 3.8) is 0 Å². The maximum atomic E-state index is 13.2. The number of phenols is 1. The van der Waals surface area contributed by atoms with Gasteiger partial charge in [-0.15, -0.1) is 0 Å². The molecule has 35 heavy (non-hydrogen) atoms. The highest BCUT2D eigenvalue weighted by atomic mass is 35.5. The van der Waals surface area contributed by atoms with E-state index in [1.165, 1.54) is 0 Å². The number of hydrogen-bond acceptors (Lipinski definition) is 6. The predicted molar refractivity (Wildman–Crippen MR) is 133 cm³/mol. The fraction of sp³-hybridized carbons (Fsp3) is 0.385. The number of aliphatic hydroxyl groups is 1. The van der Waals surface area contributed by atoms with Crippen LogP contribution in [0.5, 0.6) is 17.2 Å². The van der Waals surface area contributed by atoms with Gasteiger partial charge in [-0.25, -0.2) is 0 Å². The van der Waals surface area contributed by atoms with E-state index in [0.29, 0.717) is 51.6 Å². The number of nitrogens with zero attached hydrogens (tertiary/aromatic N) is 2. The summed E-state index contributed by atoms with van der Waals surface area (Å²) in [5.74, 6) is 1.40. The minimum atomic E-state index is -0.559. The van der Waals surface area contributed by atoms with Gasteiger partial charge in [-0.3, -0.25) is 9.89 Å². The number of aromatic hydroxyl groups is 1. The van der Waals surface area contributed by atoms with Crippen LogP contribution in [0.3, 0.4) is 0 Å². The Hall–Kier alpha value is -3.23. The molecule has 1 atom stereocenters. The lowest BCUT2D eigenvalue weighted by Gasteiger charge is -2.26. The van der Waals surface area contributed by atoms with Gasteiger partial charge in [-0.1, -0.05) is 31.5 Å². The van der Waals surface area contributed by atoms with Crippen LogP contribution >= 0.6 is 11.6 Å². The van der Waals surface area contributed by atoms with Gasteiger partial charge in [-0.05, 0) is 54.7 Å². The van der Waals surface area contributed by atoms with Crippen molar-refractivity contribution >= 4 is 17.5 Å². The molecule has 0 fully saturated rings. The number of benzene rings is 2. The average molecular weight is 500 g/mol. The smallest absolute Gasteiger partial charge is 0.273 e. The number of β-amino-alcohol motifs (C(OH)–C–C–N with tert-alkyl or cyclic N) is 1. The van der Waals surface area contributed by atoms with E-state index < -0.39 is 6.04 Å². The van der Waals surface area contributed by atoms with E-state index in [4.69, 9.17) is 21.1 Å². The Morgan fingerprint density at radius 3 is 2.69 bits per heavy atom. The van der Waals surface area contributed by atoms with Crippen LogP contribution in [0.15, 0.2) is 30.3 Å². The van der Waals surface area contributed by atoms with Gasteiger partial charge < -0.3 is 24.6 Å². The van der Waals surface area contributed by atoms with Crippen molar-refractivity contribution in [3.8, 4) is 28.5 Å². The summed E-state index contributed by atoms with van der Waals surface area (Å²) in [6, 6.07) is 8.20. The molecule has 1 aliphatic heterocycles. The fourth-order valence-electron chi connectivity index (χ4n) is 4.32. The molecule has 3 N–H and O–H groups in total. The molecule has 1 aliphatic rings. The maximum absolute atomic E-state index is 13.2. The molecule has 0 aliphatic carbocycles. The number of rotatable bonds is 9. The molecule has 2 heterocycles. The van der Waals surface area contributed by atoms with Crippen molar-refractivity contribution in [3.05, 3.63) is 57.7 Å². The molecule has 1 unspecified atom stereocenters. The first-order chi connectivity index (χ1) is 16.8. The van der Waals surface area contributed by atoms with E-state index in [1.54, 1.807) is 31.1 Å². The lowest BCUT2D eigenvalue weighted by molar-refractivity contribution is 0.0706. The Morgan fingerprint density at radius 2 is 2.00 bits per heavy atom. The van der Waals surface area contributed by atoms with Crippen LogP contribution in [-0.2, 0) is 0 Å². The molecule has 0 radical (unpaired) electrons. The second-order valence-electron chi connectivity index (χ2n) is 9.05. The molecule has 3 aromatic rings. The largest absolute Gasteiger partial charge is 0.507 e. The van der Waals surface area contributed by atoms with E-state index in [9.17, 15) is 15.0 Å². The number of H-pyrrole nitrogens is 1. The Balaban J connectivity index is 1.80. The van der Waals surface area contributed by atoms with Crippen molar-refractivity contribution in [2.45, 2.75) is 33.2 Å². The number of aromatic nitrogens is 2. The van der Waals surface area contributed by atoms with Crippen LogP contribution in [0.1, 0.15) is 53.5 Å². The molecule has 0 saturated carbocycles. The molecule has 9 heteroatoms. The molecule has 1 amide bonds. The summed E-state index contributed by atoms with van der Waals surface area (Å²) in [6.45, 7) is 6.55. The molecule has 0 bridgehead atoms. The predicted octanol–water partition coefficient (Wildman–Crippen LogP) is 4.72. The molecule has 186 valence electrons. The van der Waals surface area contributed by atoms with E-state index in [1.807, 2.05) is 18.2 Å². The van der Waals surface area contributed by atoms with E-state index >= 15 is 0 Å². The average Bonchev–Trinajstić information content (AvgIpc) is 3.36. The number of carbonyl (C=O) groups excluding carboxylic acids is 1. The number of methoxy groups -OCH3 is 1. The summed E-state index contributed by atoms with van der Waals surface area (Å²) >= 11 is 6.34. The van der Waals surface area contributed by atoms with Crippen LogP contribution in [0.2, 0.25) is 5.02 Å². The van der Waals surface area contributed by atoms with Gasteiger partial charge in [-0.2, -0.15) is 5.10 Å². The number of amides is 1. The van der Waals surface area contributed by atoms with Gasteiger partial charge in [0, 0.05) is 22.7 Å². The zero-order valence-corrected chi connectivity index (χ0v) is 21.0. The number of aromatic amines is 1. The summed E-state index contributed by atoms with van der Waals surface area (Å²) in [5.41, 5.74) is 3.25. The number of aryl methyl sites for hydroxylation is 1. The Kier molecular flexibility index (Phi) is 7.23. The minimum Gasteiger partial charge on any atom is -0.507 e. The number of halogens is 1. The number of fused-ring (bicyclic) bond motifs is 1. The third-order valence-electron chi connectivity index (χ3n) is 6.19. The fourth-order valence-corrected chi connectivity index (χ4v) is 4.48. The lowest BCUT2D eigenvalue weighted by atomic mass is 9.95. The summed E-state index contributed by atoms with van der Waals surface area (Å²) in [5, 5.41) is 28.0. The summed E-state index contributed by atoms with van der Waals surface area (Å²) in [6.07, 6.45) is 0.913. The topological polar surface area (TPSA) is 108 Å². The van der Waals surface area contributed by atoms with Crippen LogP contribution < -0.4 is 9.47 Å². The van der Waals surface area contributed by atoms with E-state index in [2.05, 4.69) is 24.0 Å². The highest BCUT2D eigenvalue weighted by Crippen LogP contribution is 2.46. The first kappa shape index (κ1) is 24.9. The summed E-state index contributed by atoms with van der Waals surface area (Å²) < 4.78 is 11.5. The second kappa shape index (κ2) is 10.2. The molecule has 0 spiro atoms. The Labute approximate surface area is 209 Å². The third-order valence-corrected chi connectivity index (χ3v) is 6.60. The number of ether oxygens (including phenoxy) is 2. The quantitative estimate of drug-likeness (QED) is 0.393. The molecule has 8 nitrogen and oxygen atoms in total. The summed E-state index contributed by atoms with van der Waals surface area (Å²) in [7, 11) is 1.57. The molecule has 2 aromatic carbocycles. The highest BCUT2D eigenvalue weighted by Gasteiger charge is 2.42. The molecule has 1 aromatic heterocycles. The zero-order valence-electron chi connectivity index (χ0n) is 20.3. The number of nitrogens with one attached hydrogen (secondary N) is 1. The highest BCUT2D eigenvalue weighted by molar-refractivity contribution is 6.31. The van der Waals surface area contributed by atoms with Gasteiger partial charge in [0.2, 0.25) is 0 Å². The Morgan fingerprint density at radius 1 is 1.23 bits per heavy atom. The number of carbonyl (C=O) groups is 1. The van der Waals surface area contributed by atoms with Crippen molar-refractivity contribution in [2.24, 2.45) is 5.92 Å². The zero-order chi connectivity index (χ0) is 25.3. The van der Waals surface area contributed by atoms with Gasteiger partial charge in [0.1, 0.15) is 17.1 Å². The van der Waals surface area contributed by atoms with E-state index in [-0.39, 0.29) is 24.8 Å². The van der Waals surface area contributed by atoms with Crippen molar-refractivity contribution < 1.29 is 24.5 Å². The molecule has 0 saturated heterocycles. The first-order valence-electron chi connectivity index (χ1n) is 11.6. The van der Waals surface area contributed by atoms with Gasteiger partial charge >= 0.3 is 0 Å². The van der Waals surface area contributed by atoms with Crippen LogP contribution in [0.4, 0.5) is 0 Å². The standard InChI is InChI=1S/C26H30ClN3O5/c1-14(2)7-10-35-20-6-5-16(12-21(20)34-4)25-22-23(17-13-18(27)15(3)11-19(17)32)28-29-24(22)26(33)30(25)8-9-31/h5-6,11-14,25,31-32H,7-10H2,1-4H3,(H,28,29). The van der Waals surface area contributed by atoms with Crippen molar-refractivity contribution in [2.75, 3.05) is 26.9 Å². The van der Waals surface area contributed by atoms with Gasteiger partial charge in [0.05, 0.1) is 26.4 Å². The lowest BCUT2D eigenvalue weighted by Crippen LogP contribution is -2.32. The third kappa shape index (κ3) is 4.68. The van der Waals surface area contributed by atoms with Gasteiger partial charge in [0.15, 0.2) is 11.5 Å². The second-order valence-corrected chi connectivity index (χ2v) is 9.45. The number of aliphatic hydroxyl groups excluding tert-OH is 1. The van der Waals surface area contributed by atoms with Crippen LogP contribution in [0, 0.1) is 12.8 Å². The van der Waals surface area contributed by atoms with Gasteiger partial charge in [0.25, 0.3) is 5.91 Å².